The van der Waals surface area contributed by atoms with Crippen molar-refractivity contribution in [1.82, 2.24) is 4.90 Å². The van der Waals surface area contributed by atoms with E-state index in [9.17, 15) is 13.6 Å². The number of hydrogen-bond acceptors (Lipinski definition) is 2. The van der Waals surface area contributed by atoms with Crippen LogP contribution in [0.4, 0.5) is 8.78 Å². The molecule has 0 aliphatic carbocycles. The Bertz CT molecular complexity index is 597. The van der Waals surface area contributed by atoms with Crippen molar-refractivity contribution in [3.8, 4) is 5.75 Å². The van der Waals surface area contributed by atoms with Gasteiger partial charge in [-0.1, -0.05) is 12.1 Å². The van der Waals surface area contributed by atoms with E-state index in [1.54, 1.807) is 19.2 Å². The van der Waals surface area contributed by atoms with Gasteiger partial charge in [-0.05, 0) is 42.0 Å². The van der Waals surface area contributed by atoms with Crippen molar-refractivity contribution in [2.75, 3.05) is 13.7 Å². The van der Waals surface area contributed by atoms with E-state index in [0.29, 0.717) is 12.3 Å². The van der Waals surface area contributed by atoms with Gasteiger partial charge in [-0.25, -0.2) is 8.78 Å². The molecule has 0 saturated heterocycles. The lowest BCUT2D eigenvalue weighted by Gasteiger charge is -2.17. The standard InChI is InChI=1S/C16H15F2NO2/c1-19(10-12-2-4-13(17)5-3-12)16(20)11-21-15-8-6-14(18)7-9-15/h2-9H,10-11H2,1H3. The van der Waals surface area contributed by atoms with E-state index in [0.717, 1.165) is 5.56 Å². The second-order valence-corrected chi connectivity index (χ2v) is 4.62. The van der Waals surface area contributed by atoms with E-state index in [4.69, 9.17) is 4.74 Å². The third-order valence-corrected chi connectivity index (χ3v) is 2.93. The van der Waals surface area contributed by atoms with E-state index in [1.807, 2.05) is 0 Å². The summed E-state index contributed by atoms with van der Waals surface area (Å²) in [6.45, 7) is 0.231. The molecule has 21 heavy (non-hydrogen) atoms. The molecular weight excluding hydrogens is 276 g/mol. The molecule has 0 spiro atoms. The van der Waals surface area contributed by atoms with Gasteiger partial charge in [0.15, 0.2) is 6.61 Å². The summed E-state index contributed by atoms with van der Waals surface area (Å²) in [5.74, 6) is -0.460. The molecule has 0 N–H and O–H groups in total. The van der Waals surface area contributed by atoms with E-state index in [2.05, 4.69) is 0 Å². The lowest BCUT2D eigenvalue weighted by Crippen LogP contribution is -2.30. The third kappa shape index (κ3) is 4.56. The summed E-state index contributed by atoms with van der Waals surface area (Å²) < 4.78 is 30.8. The molecular formula is C16H15F2NO2. The van der Waals surface area contributed by atoms with Gasteiger partial charge in [0.2, 0.25) is 0 Å². The molecule has 0 aliphatic heterocycles. The number of benzene rings is 2. The maximum Gasteiger partial charge on any atom is 0.260 e. The fraction of sp³-hybridized carbons (Fsp3) is 0.188. The van der Waals surface area contributed by atoms with Crippen LogP contribution in [-0.4, -0.2) is 24.5 Å². The first-order valence-corrected chi connectivity index (χ1v) is 6.41. The van der Waals surface area contributed by atoms with Crippen LogP contribution in [0.2, 0.25) is 0 Å². The average molecular weight is 291 g/mol. The van der Waals surface area contributed by atoms with Crippen molar-refractivity contribution in [2.24, 2.45) is 0 Å². The number of hydrogen-bond donors (Lipinski definition) is 0. The van der Waals surface area contributed by atoms with Gasteiger partial charge in [-0.3, -0.25) is 4.79 Å². The minimum absolute atomic E-state index is 0.136. The lowest BCUT2D eigenvalue weighted by atomic mass is 10.2. The predicted molar refractivity (Wildman–Crippen MR) is 74.8 cm³/mol. The maximum atomic E-state index is 12.8. The molecule has 0 unspecified atom stereocenters. The van der Waals surface area contributed by atoms with E-state index < -0.39 is 0 Å². The fourth-order valence-electron chi connectivity index (χ4n) is 1.74. The first-order valence-electron chi connectivity index (χ1n) is 6.41. The van der Waals surface area contributed by atoms with Crippen LogP contribution in [0.25, 0.3) is 0 Å². The smallest absolute Gasteiger partial charge is 0.260 e. The summed E-state index contributed by atoms with van der Waals surface area (Å²) in [5, 5.41) is 0. The van der Waals surface area contributed by atoms with Crippen molar-refractivity contribution < 1.29 is 18.3 Å². The van der Waals surface area contributed by atoms with Crippen LogP contribution in [0.5, 0.6) is 5.75 Å². The Labute approximate surface area is 121 Å². The van der Waals surface area contributed by atoms with E-state index >= 15 is 0 Å². The summed E-state index contributed by atoms with van der Waals surface area (Å²) in [6, 6.07) is 11.4. The quantitative estimate of drug-likeness (QED) is 0.847. The molecule has 0 bridgehead atoms. The Hall–Kier alpha value is -2.43. The number of ether oxygens (including phenoxy) is 1. The van der Waals surface area contributed by atoms with Gasteiger partial charge in [0.05, 0.1) is 0 Å². The van der Waals surface area contributed by atoms with Gasteiger partial charge in [0.25, 0.3) is 5.91 Å². The fourth-order valence-corrected chi connectivity index (χ4v) is 1.74. The average Bonchev–Trinajstić information content (AvgIpc) is 2.48. The largest absolute Gasteiger partial charge is 0.484 e. The number of carbonyl (C=O) groups excluding carboxylic acids is 1. The normalized spacial score (nSPS) is 10.2. The Balaban J connectivity index is 1.84. The molecule has 0 heterocycles. The summed E-state index contributed by atoms with van der Waals surface area (Å²) in [4.78, 5) is 13.4. The van der Waals surface area contributed by atoms with Crippen LogP contribution in [0.15, 0.2) is 48.5 Å². The molecule has 0 fully saturated rings. The zero-order valence-electron chi connectivity index (χ0n) is 11.6. The van der Waals surface area contributed by atoms with Gasteiger partial charge in [-0.15, -0.1) is 0 Å². The lowest BCUT2D eigenvalue weighted by molar-refractivity contribution is -0.132. The Morgan fingerprint density at radius 1 is 1.00 bits per heavy atom. The molecule has 0 aliphatic rings. The number of nitrogens with zero attached hydrogens (tertiary/aromatic N) is 1. The molecule has 5 heteroatoms. The molecule has 0 saturated carbocycles. The summed E-state index contributed by atoms with van der Waals surface area (Å²) >= 11 is 0. The van der Waals surface area contributed by atoms with Crippen molar-refractivity contribution in [3.05, 3.63) is 65.7 Å². The molecule has 3 nitrogen and oxygen atoms in total. The second-order valence-electron chi connectivity index (χ2n) is 4.62. The van der Waals surface area contributed by atoms with Crippen LogP contribution in [-0.2, 0) is 11.3 Å². The highest BCUT2D eigenvalue weighted by molar-refractivity contribution is 5.77. The molecule has 110 valence electrons. The van der Waals surface area contributed by atoms with Crippen LogP contribution in [0.1, 0.15) is 5.56 Å². The molecule has 1 amide bonds. The predicted octanol–water partition coefficient (Wildman–Crippen LogP) is 3.00. The molecule has 0 atom stereocenters. The van der Waals surface area contributed by atoms with Crippen LogP contribution < -0.4 is 4.74 Å². The van der Waals surface area contributed by atoms with Gasteiger partial charge in [0, 0.05) is 13.6 Å². The van der Waals surface area contributed by atoms with Crippen molar-refractivity contribution >= 4 is 5.91 Å². The van der Waals surface area contributed by atoms with Gasteiger partial charge in [0.1, 0.15) is 17.4 Å². The highest BCUT2D eigenvalue weighted by Gasteiger charge is 2.10. The molecule has 2 aromatic rings. The Morgan fingerprint density at radius 2 is 1.52 bits per heavy atom. The minimum Gasteiger partial charge on any atom is -0.484 e. The molecule has 0 aromatic heterocycles. The molecule has 2 aromatic carbocycles. The van der Waals surface area contributed by atoms with Gasteiger partial charge < -0.3 is 9.64 Å². The summed E-state index contributed by atoms with van der Waals surface area (Å²) in [6.07, 6.45) is 0. The van der Waals surface area contributed by atoms with Crippen molar-refractivity contribution in [3.63, 3.8) is 0 Å². The topological polar surface area (TPSA) is 29.5 Å². The highest BCUT2D eigenvalue weighted by atomic mass is 19.1. The van der Waals surface area contributed by atoms with Crippen LogP contribution in [0.3, 0.4) is 0 Å². The number of halogens is 2. The summed E-state index contributed by atoms with van der Waals surface area (Å²) in [7, 11) is 1.64. The zero-order chi connectivity index (χ0) is 15.2. The summed E-state index contributed by atoms with van der Waals surface area (Å²) in [5.41, 5.74) is 0.828. The van der Waals surface area contributed by atoms with E-state index in [-0.39, 0.29) is 24.1 Å². The SMILES string of the molecule is CN(Cc1ccc(F)cc1)C(=O)COc1ccc(F)cc1. The Kier molecular flexibility index (Phi) is 4.87. The first kappa shape index (κ1) is 15.0. The number of rotatable bonds is 5. The molecule has 0 radical (unpaired) electrons. The first-order chi connectivity index (χ1) is 10.0. The number of likely N-dealkylation sites (N-methyl/N-ethyl adjacent to an activating group) is 1. The van der Waals surface area contributed by atoms with Gasteiger partial charge >= 0.3 is 0 Å². The van der Waals surface area contributed by atoms with Crippen LogP contribution in [0, 0.1) is 11.6 Å². The van der Waals surface area contributed by atoms with Crippen molar-refractivity contribution in [1.29, 1.82) is 0 Å². The third-order valence-electron chi connectivity index (χ3n) is 2.93. The van der Waals surface area contributed by atoms with Crippen LogP contribution >= 0.6 is 0 Å². The second kappa shape index (κ2) is 6.83. The maximum absolute atomic E-state index is 12.8. The highest BCUT2D eigenvalue weighted by Crippen LogP contribution is 2.11. The van der Waals surface area contributed by atoms with Gasteiger partial charge in [-0.2, -0.15) is 0 Å². The minimum atomic E-state index is -0.359. The Morgan fingerprint density at radius 3 is 2.10 bits per heavy atom. The monoisotopic (exact) mass is 291 g/mol. The van der Waals surface area contributed by atoms with Crippen molar-refractivity contribution in [2.45, 2.75) is 6.54 Å². The number of carbonyl (C=O) groups is 1. The van der Waals surface area contributed by atoms with E-state index in [1.165, 1.54) is 41.3 Å². The molecule has 2 rings (SSSR count). The zero-order valence-corrected chi connectivity index (χ0v) is 11.6. The number of amides is 1.